The summed E-state index contributed by atoms with van der Waals surface area (Å²) in [6.07, 6.45) is 0. The van der Waals surface area contributed by atoms with E-state index in [1.807, 2.05) is 0 Å². The van der Waals surface area contributed by atoms with Crippen LogP contribution in [0, 0.1) is 6.92 Å². The minimum atomic E-state index is -3.60. The lowest BCUT2D eigenvalue weighted by Gasteiger charge is -2.26. The van der Waals surface area contributed by atoms with Crippen molar-refractivity contribution in [1.29, 1.82) is 0 Å². The number of hydrogen-bond acceptors (Lipinski definition) is 4. The number of sulfonamides is 1. The molecule has 0 aromatic heterocycles. The predicted octanol–water partition coefficient (Wildman–Crippen LogP) is 0.115. The molecule has 0 atom stereocenters. The summed E-state index contributed by atoms with van der Waals surface area (Å²) in [6, 6.07) is 4.45. The maximum atomic E-state index is 12.5. The number of nitrogens with zero attached hydrogens (tertiary/aromatic N) is 1. The number of hydrogen-bond donors (Lipinski definition) is 1. The number of rotatable bonds is 3. The van der Waals surface area contributed by atoms with Crippen LogP contribution in [0.2, 0.25) is 0 Å². The van der Waals surface area contributed by atoms with E-state index in [1.54, 1.807) is 13.0 Å². The number of carbonyl (C=O) groups is 1. The molecule has 1 fully saturated rings. The van der Waals surface area contributed by atoms with E-state index in [0.29, 0.717) is 31.9 Å². The highest BCUT2D eigenvalue weighted by Gasteiger charge is 2.28. The van der Waals surface area contributed by atoms with Crippen LogP contribution in [-0.2, 0) is 14.8 Å². The Hall–Kier alpha value is -1.44. The fourth-order valence-electron chi connectivity index (χ4n) is 1.96. The molecule has 1 aromatic rings. The lowest BCUT2D eigenvalue weighted by atomic mass is 10.1. The first-order valence-electron chi connectivity index (χ1n) is 5.91. The summed E-state index contributed by atoms with van der Waals surface area (Å²) in [5.41, 5.74) is 5.97. The summed E-state index contributed by atoms with van der Waals surface area (Å²) >= 11 is 0. The maximum absolute atomic E-state index is 12.5. The summed E-state index contributed by atoms with van der Waals surface area (Å²) in [5, 5.41) is 0. The topological polar surface area (TPSA) is 89.7 Å². The predicted molar refractivity (Wildman–Crippen MR) is 69.3 cm³/mol. The summed E-state index contributed by atoms with van der Waals surface area (Å²) in [4.78, 5) is 11.3. The van der Waals surface area contributed by atoms with Crippen molar-refractivity contribution in [3.05, 3.63) is 29.3 Å². The number of ether oxygens (including phenoxy) is 1. The van der Waals surface area contributed by atoms with Gasteiger partial charge in [0.15, 0.2) is 0 Å². The lowest BCUT2D eigenvalue weighted by Crippen LogP contribution is -2.40. The zero-order valence-corrected chi connectivity index (χ0v) is 11.4. The fourth-order valence-corrected chi connectivity index (χ4v) is 3.62. The molecule has 1 amide bonds. The number of benzene rings is 1. The molecule has 1 aliphatic rings. The number of carbonyl (C=O) groups excluding carboxylic acids is 1. The molecule has 1 saturated heterocycles. The van der Waals surface area contributed by atoms with Gasteiger partial charge in [-0.1, -0.05) is 6.07 Å². The molecule has 1 heterocycles. The minimum Gasteiger partial charge on any atom is -0.379 e. The van der Waals surface area contributed by atoms with E-state index in [0.717, 1.165) is 0 Å². The molecule has 0 spiro atoms. The van der Waals surface area contributed by atoms with E-state index < -0.39 is 15.9 Å². The van der Waals surface area contributed by atoms with Crippen LogP contribution in [0.1, 0.15) is 15.9 Å². The average molecular weight is 284 g/mol. The lowest BCUT2D eigenvalue weighted by molar-refractivity contribution is 0.0730. The van der Waals surface area contributed by atoms with Crippen LogP contribution in [0.5, 0.6) is 0 Å². The Morgan fingerprint density at radius 1 is 1.32 bits per heavy atom. The average Bonchev–Trinajstić information content (AvgIpc) is 2.39. The highest BCUT2D eigenvalue weighted by Crippen LogP contribution is 2.22. The fraction of sp³-hybridized carbons (Fsp3) is 0.417. The highest BCUT2D eigenvalue weighted by molar-refractivity contribution is 7.89. The smallest absolute Gasteiger partial charge is 0.248 e. The Morgan fingerprint density at radius 2 is 1.95 bits per heavy atom. The van der Waals surface area contributed by atoms with E-state index in [2.05, 4.69) is 0 Å². The number of primary amides is 1. The van der Waals surface area contributed by atoms with Crippen LogP contribution in [0.15, 0.2) is 23.1 Å². The minimum absolute atomic E-state index is 0.130. The molecular weight excluding hydrogens is 268 g/mol. The van der Waals surface area contributed by atoms with Crippen LogP contribution in [0.3, 0.4) is 0 Å². The largest absolute Gasteiger partial charge is 0.379 e. The van der Waals surface area contributed by atoms with Gasteiger partial charge in [-0.15, -0.1) is 0 Å². The van der Waals surface area contributed by atoms with Crippen molar-refractivity contribution in [2.24, 2.45) is 5.73 Å². The zero-order valence-electron chi connectivity index (χ0n) is 10.6. The molecule has 0 aliphatic carbocycles. The second-order valence-electron chi connectivity index (χ2n) is 4.36. The first kappa shape index (κ1) is 14.0. The number of aryl methyl sites for hydroxylation is 1. The van der Waals surface area contributed by atoms with Gasteiger partial charge >= 0.3 is 0 Å². The van der Waals surface area contributed by atoms with Crippen LogP contribution in [0.25, 0.3) is 0 Å². The second-order valence-corrected chi connectivity index (χ2v) is 6.27. The Bertz CT molecular complexity index is 592. The summed E-state index contributed by atoms with van der Waals surface area (Å²) < 4.78 is 31.5. The molecule has 2 N–H and O–H groups in total. The van der Waals surface area contributed by atoms with Crippen LogP contribution in [-0.4, -0.2) is 44.9 Å². The van der Waals surface area contributed by atoms with Crippen LogP contribution >= 0.6 is 0 Å². The van der Waals surface area contributed by atoms with Crippen molar-refractivity contribution in [2.75, 3.05) is 26.3 Å². The maximum Gasteiger partial charge on any atom is 0.248 e. The molecule has 19 heavy (non-hydrogen) atoms. The summed E-state index contributed by atoms with van der Waals surface area (Å²) in [7, 11) is -3.60. The van der Waals surface area contributed by atoms with E-state index in [4.69, 9.17) is 10.5 Å². The summed E-state index contributed by atoms with van der Waals surface area (Å²) in [6.45, 7) is 3.10. The highest BCUT2D eigenvalue weighted by atomic mass is 32.2. The quantitative estimate of drug-likeness (QED) is 0.853. The molecule has 1 aromatic carbocycles. The van der Waals surface area contributed by atoms with E-state index in [1.165, 1.54) is 16.4 Å². The van der Waals surface area contributed by atoms with Gasteiger partial charge in [-0.2, -0.15) is 4.31 Å². The monoisotopic (exact) mass is 284 g/mol. The molecule has 6 nitrogen and oxygen atoms in total. The van der Waals surface area contributed by atoms with Gasteiger partial charge in [-0.05, 0) is 24.6 Å². The van der Waals surface area contributed by atoms with Gasteiger partial charge in [0.05, 0.1) is 18.1 Å². The third kappa shape index (κ3) is 2.78. The molecule has 0 saturated carbocycles. The Kier molecular flexibility index (Phi) is 3.88. The number of nitrogens with two attached hydrogens (primary N) is 1. The van der Waals surface area contributed by atoms with Crippen molar-refractivity contribution >= 4 is 15.9 Å². The number of morpholine rings is 1. The molecule has 104 valence electrons. The first-order chi connectivity index (χ1) is 8.93. The van der Waals surface area contributed by atoms with Gasteiger partial charge in [-0.25, -0.2) is 8.42 Å². The normalized spacial score (nSPS) is 17.3. The molecule has 0 unspecified atom stereocenters. The van der Waals surface area contributed by atoms with Gasteiger partial charge in [0.1, 0.15) is 0 Å². The molecular formula is C12H16N2O4S. The Morgan fingerprint density at radius 3 is 2.53 bits per heavy atom. The third-order valence-corrected chi connectivity index (χ3v) is 5.10. The van der Waals surface area contributed by atoms with Gasteiger partial charge in [0.2, 0.25) is 15.9 Å². The van der Waals surface area contributed by atoms with E-state index in [-0.39, 0.29) is 10.5 Å². The van der Waals surface area contributed by atoms with Gasteiger partial charge in [-0.3, -0.25) is 4.79 Å². The molecule has 0 radical (unpaired) electrons. The van der Waals surface area contributed by atoms with E-state index in [9.17, 15) is 13.2 Å². The van der Waals surface area contributed by atoms with Crippen molar-refractivity contribution < 1.29 is 17.9 Å². The third-order valence-electron chi connectivity index (χ3n) is 3.06. The van der Waals surface area contributed by atoms with Crippen molar-refractivity contribution in [3.63, 3.8) is 0 Å². The van der Waals surface area contributed by atoms with E-state index >= 15 is 0 Å². The SMILES string of the molecule is Cc1ccc(C(N)=O)cc1S(=O)(=O)N1CCOCC1. The molecule has 2 rings (SSSR count). The van der Waals surface area contributed by atoms with Crippen molar-refractivity contribution in [1.82, 2.24) is 4.31 Å². The molecule has 0 bridgehead atoms. The first-order valence-corrected chi connectivity index (χ1v) is 7.35. The van der Waals surface area contributed by atoms with Crippen molar-refractivity contribution in [3.8, 4) is 0 Å². The molecule has 1 aliphatic heterocycles. The van der Waals surface area contributed by atoms with Gasteiger partial charge in [0.25, 0.3) is 0 Å². The second kappa shape index (κ2) is 5.28. The Balaban J connectivity index is 2.44. The Labute approximate surface area is 112 Å². The summed E-state index contributed by atoms with van der Waals surface area (Å²) in [5.74, 6) is -0.640. The van der Waals surface area contributed by atoms with Gasteiger partial charge in [0, 0.05) is 18.7 Å². The van der Waals surface area contributed by atoms with Crippen LogP contribution < -0.4 is 5.73 Å². The van der Waals surface area contributed by atoms with Gasteiger partial charge < -0.3 is 10.5 Å². The zero-order chi connectivity index (χ0) is 14.0. The van der Waals surface area contributed by atoms with Crippen molar-refractivity contribution in [2.45, 2.75) is 11.8 Å². The standard InChI is InChI=1S/C12H16N2O4S/c1-9-2-3-10(12(13)15)8-11(9)19(16,17)14-4-6-18-7-5-14/h2-3,8H,4-7H2,1H3,(H2,13,15). The number of amides is 1. The molecule has 7 heteroatoms. The van der Waals surface area contributed by atoms with Crippen LogP contribution in [0.4, 0.5) is 0 Å².